The third-order valence-electron chi connectivity index (χ3n) is 1.77. The van der Waals surface area contributed by atoms with Crippen molar-refractivity contribution in [1.82, 2.24) is 0 Å². The van der Waals surface area contributed by atoms with Crippen LogP contribution in [0.5, 0.6) is 0 Å². The second-order valence-electron chi connectivity index (χ2n) is 3.04. The fourth-order valence-corrected chi connectivity index (χ4v) is 0.937. The third-order valence-corrected chi connectivity index (χ3v) is 1.77. The van der Waals surface area contributed by atoms with Crippen LogP contribution < -0.4 is 0 Å². The Kier molecular flexibility index (Phi) is 5.13. The third kappa shape index (κ3) is 4.41. The van der Waals surface area contributed by atoms with Crippen molar-refractivity contribution >= 4 is 17.5 Å². The maximum Gasteiger partial charge on any atom is 0.450 e. The second-order valence-corrected chi connectivity index (χ2v) is 3.04. The monoisotopic (exact) mass is 240 g/mol. The van der Waals surface area contributed by atoms with E-state index in [0.717, 1.165) is 6.92 Å². The molecule has 0 N–H and O–H groups in total. The summed E-state index contributed by atoms with van der Waals surface area (Å²) >= 11 is 0. The number of esters is 1. The van der Waals surface area contributed by atoms with Gasteiger partial charge in [0, 0.05) is 6.42 Å². The molecule has 0 saturated heterocycles. The van der Waals surface area contributed by atoms with E-state index in [-0.39, 0.29) is 6.61 Å². The highest BCUT2D eigenvalue weighted by Crippen LogP contribution is 2.21. The second kappa shape index (κ2) is 5.62. The molecule has 0 saturated carbocycles. The quantitative estimate of drug-likeness (QED) is 0.536. The van der Waals surface area contributed by atoms with Crippen LogP contribution in [0.25, 0.3) is 0 Å². The Morgan fingerprint density at radius 1 is 1.25 bits per heavy atom. The number of Topliss-reactive ketones (excluding diaryl/α,β-unsaturated/α-hetero) is 2. The zero-order chi connectivity index (χ0) is 12.9. The molecular weight excluding hydrogens is 229 g/mol. The number of hydrogen-bond donors (Lipinski definition) is 0. The minimum atomic E-state index is -5.04. The topological polar surface area (TPSA) is 60.4 Å². The lowest BCUT2D eigenvalue weighted by atomic mass is 9.98. The lowest BCUT2D eigenvalue weighted by Gasteiger charge is -2.12. The standard InChI is InChI=1S/C9H11F3O4/c1-3-16-8(15)6(5(2)13)4-7(14)9(10,11)12/h6H,3-4H2,1-2H3/t6-/m1/s1. The Labute approximate surface area is 89.8 Å². The fraction of sp³-hybridized carbons (Fsp3) is 0.667. The Balaban J connectivity index is 4.65. The lowest BCUT2D eigenvalue weighted by Crippen LogP contribution is -2.32. The van der Waals surface area contributed by atoms with Crippen LogP contribution in [0.1, 0.15) is 20.3 Å². The van der Waals surface area contributed by atoms with Gasteiger partial charge in [-0.3, -0.25) is 14.4 Å². The van der Waals surface area contributed by atoms with Crippen molar-refractivity contribution in [1.29, 1.82) is 0 Å². The summed E-state index contributed by atoms with van der Waals surface area (Å²) in [6, 6.07) is 0. The van der Waals surface area contributed by atoms with Gasteiger partial charge >= 0.3 is 12.1 Å². The highest BCUT2D eigenvalue weighted by Gasteiger charge is 2.42. The van der Waals surface area contributed by atoms with Crippen molar-refractivity contribution in [2.24, 2.45) is 5.92 Å². The Hall–Kier alpha value is -1.40. The van der Waals surface area contributed by atoms with E-state index in [4.69, 9.17) is 0 Å². The molecule has 0 unspecified atom stereocenters. The van der Waals surface area contributed by atoms with Gasteiger partial charge in [0.25, 0.3) is 0 Å². The van der Waals surface area contributed by atoms with Crippen LogP contribution >= 0.6 is 0 Å². The van der Waals surface area contributed by atoms with Gasteiger partial charge in [-0.15, -0.1) is 0 Å². The molecule has 0 amide bonds. The predicted molar refractivity (Wildman–Crippen MR) is 46.5 cm³/mol. The molecule has 92 valence electrons. The summed E-state index contributed by atoms with van der Waals surface area (Å²) in [6.07, 6.45) is -6.24. The van der Waals surface area contributed by atoms with Crippen molar-refractivity contribution in [2.45, 2.75) is 26.4 Å². The first-order valence-electron chi connectivity index (χ1n) is 4.47. The van der Waals surface area contributed by atoms with Gasteiger partial charge < -0.3 is 4.74 Å². The van der Waals surface area contributed by atoms with E-state index in [1.165, 1.54) is 6.92 Å². The molecular formula is C9H11F3O4. The first-order valence-corrected chi connectivity index (χ1v) is 4.47. The van der Waals surface area contributed by atoms with E-state index in [2.05, 4.69) is 4.74 Å². The van der Waals surface area contributed by atoms with Crippen LogP contribution in [0.15, 0.2) is 0 Å². The smallest absolute Gasteiger partial charge is 0.450 e. The molecule has 0 spiro atoms. The normalized spacial score (nSPS) is 13.1. The zero-order valence-electron chi connectivity index (χ0n) is 8.76. The van der Waals surface area contributed by atoms with Crippen LogP contribution in [0.2, 0.25) is 0 Å². The van der Waals surface area contributed by atoms with Crippen molar-refractivity contribution in [2.75, 3.05) is 6.61 Å². The average Bonchev–Trinajstić information content (AvgIpc) is 2.11. The number of hydrogen-bond acceptors (Lipinski definition) is 4. The van der Waals surface area contributed by atoms with Crippen molar-refractivity contribution in [3.63, 3.8) is 0 Å². The van der Waals surface area contributed by atoms with Gasteiger partial charge in [0.1, 0.15) is 11.7 Å². The number of carbonyl (C=O) groups is 3. The Bertz CT molecular complexity index is 296. The van der Waals surface area contributed by atoms with Gasteiger partial charge in [-0.2, -0.15) is 13.2 Å². The van der Waals surface area contributed by atoms with E-state index >= 15 is 0 Å². The predicted octanol–water partition coefficient (Wildman–Crippen LogP) is 1.28. The molecule has 0 rings (SSSR count). The summed E-state index contributed by atoms with van der Waals surface area (Å²) in [5, 5.41) is 0. The molecule has 0 aliphatic rings. The first kappa shape index (κ1) is 14.6. The van der Waals surface area contributed by atoms with Gasteiger partial charge in [-0.05, 0) is 13.8 Å². The summed E-state index contributed by atoms with van der Waals surface area (Å²) in [4.78, 5) is 32.6. The van der Waals surface area contributed by atoms with E-state index in [1.54, 1.807) is 0 Å². The van der Waals surface area contributed by atoms with E-state index in [1.807, 2.05) is 0 Å². The molecule has 0 aromatic heterocycles. The number of alkyl halides is 3. The maximum absolute atomic E-state index is 11.9. The van der Waals surface area contributed by atoms with E-state index in [0.29, 0.717) is 0 Å². The minimum Gasteiger partial charge on any atom is -0.465 e. The fourth-order valence-electron chi connectivity index (χ4n) is 0.937. The van der Waals surface area contributed by atoms with E-state index in [9.17, 15) is 27.6 Å². The van der Waals surface area contributed by atoms with Gasteiger partial charge in [-0.25, -0.2) is 0 Å². The first-order chi connectivity index (χ1) is 7.20. The maximum atomic E-state index is 11.9. The van der Waals surface area contributed by atoms with Crippen LogP contribution in [-0.4, -0.2) is 30.3 Å². The lowest BCUT2D eigenvalue weighted by molar-refractivity contribution is -0.174. The number of halogens is 3. The molecule has 0 fully saturated rings. The van der Waals surface area contributed by atoms with Gasteiger partial charge in [-0.1, -0.05) is 0 Å². The molecule has 16 heavy (non-hydrogen) atoms. The number of ketones is 2. The summed E-state index contributed by atoms with van der Waals surface area (Å²) in [7, 11) is 0. The largest absolute Gasteiger partial charge is 0.465 e. The van der Waals surface area contributed by atoms with Crippen LogP contribution in [0.3, 0.4) is 0 Å². The molecule has 0 heterocycles. The zero-order valence-corrected chi connectivity index (χ0v) is 8.76. The molecule has 4 nitrogen and oxygen atoms in total. The summed E-state index contributed by atoms with van der Waals surface area (Å²) < 4.78 is 40.1. The van der Waals surface area contributed by atoms with Crippen LogP contribution in [0, 0.1) is 5.92 Å². The number of ether oxygens (including phenoxy) is 1. The van der Waals surface area contributed by atoms with E-state index < -0.39 is 36.1 Å². The molecule has 0 aromatic rings. The minimum absolute atomic E-state index is 0.0666. The number of carbonyl (C=O) groups excluding carboxylic acids is 3. The Morgan fingerprint density at radius 2 is 1.75 bits per heavy atom. The molecule has 0 bridgehead atoms. The highest BCUT2D eigenvalue weighted by molar-refractivity contribution is 6.02. The number of rotatable bonds is 5. The molecule has 0 aromatic carbocycles. The SMILES string of the molecule is CCOC(=O)[C@H](CC(=O)C(F)(F)F)C(C)=O. The summed E-state index contributed by atoms with van der Waals surface area (Å²) in [6.45, 7) is 2.31. The van der Waals surface area contributed by atoms with Gasteiger partial charge in [0.15, 0.2) is 0 Å². The molecule has 0 radical (unpaired) electrons. The van der Waals surface area contributed by atoms with Gasteiger partial charge in [0.2, 0.25) is 5.78 Å². The highest BCUT2D eigenvalue weighted by atomic mass is 19.4. The van der Waals surface area contributed by atoms with Crippen LogP contribution in [-0.2, 0) is 19.1 Å². The summed E-state index contributed by atoms with van der Waals surface area (Å²) in [5.41, 5.74) is 0. The molecule has 0 aliphatic carbocycles. The van der Waals surface area contributed by atoms with Crippen molar-refractivity contribution < 1.29 is 32.3 Å². The average molecular weight is 240 g/mol. The van der Waals surface area contributed by atoms with Crippen molar-refractivity contribution in [3.8, 4) is 0 Å². The molecule has 0 aliphatic heterocycles. The van der Waals surface area contributed by atoms with Crippen molar-refractivity contribution in [3.05, 3.63) is 0 Å². The summed E-state index contributed by atoms with van der Waals surface area (Å²) in [5.74, 6) is -5.71. The van der Waals surface area contributed by atoms with Gasteiger partial charge in [0.05, 0.1) is 6.61 Å². The molecule has 1 atom stereocenters. The molecule has 7 heteroatoms. The van der Waals surface area contributed by atoms with Crippen LogP contribution in [0.4, 0.5) is 13.2 Å². The Morgan fingerprint density at radius 3 is 2.06 bits per heavy atom.